The van der Waals surface area contributed by atoms with Crippen molar-refractivity contribution in [3.8, 4) is 0 Å². The minimum absolute atomic E-state index is 0.914. The van der Waals surface area contributed by atoms with Gasteiger partial charge in [-0.1, -0.05) is 18.6 Å². The summed E-state index contributed by atoms with van der Waals surface area (Å²) in [6, 6.07) is 0. The zero-order chi connectivity index (χ0) is 4.99. The number of hydrogen-bond donors (Lipinski definition) is 0. The van der Waals surface area contributed by atoms with Gasteiger partial charge in [0.15, 0.2) is 0 Å². The maximum atomic E-state index is 3.58. The average molecular weight is 82.1 g/mol. The maximum absolute atomic E-state index is 3.58. The smallest absolute Gasteiger partial charge is 0.0283 e. The monoisotopic (exact) mass is 82.1 g/mol. The van der Waals surface area contributed by atoms with E-state index in [0.717, 1.165) is 12.0 Å². The molecule has 0 saturated carbocycles. The first-order valence-corrected chi connectivity index (χ1v) is 2.11. The van der Waals surface area contributed by atoms with Gasteiger partial charge in [0.25, 0.3) is 0 Å². The summed E-state index contributed by atoms with van der Waals surface area (Å²) in [6.45, 7) is 9.22. The van der Waals surface area contributed by atoms with Crippen LogP contribution < -0.4 is 0 Å². The van der Waals surface area contributed by atoms with E-state index in [1.54, 1.807) is 0 Å². The molecule has 0 aromatic rings. The highest BCUT2D eigenvalue weighted by atomic mass is 13.7. The van der Waals surface area contributed by atoms with Crippen LogP contribution in [-0.2, 0) is 0 Å². The summed E-state index contributed by atoms with van der Waals surface area (Å²) in [5, 5.41) is 0. The largest absolute Gasteiger partial charge is 0.0856 e. The van der Waals surface area contributed by atoms with E-state index in [2.05, 4.69) is 20.8 Å². The molecule has 0 spiro atoms. The number of allylic oxidation sites excluding steroid dienone is 2. The summed E-state index contributed by atoms with van der Waals surface area (Å²) in [5.41, 5.74) is 0.914. The summed E-state index contributed by atoms with van der Waals surface area (Å²) < 4.78 is 0. The minimum atomic E-state index is 0.914. The van der Waals surface area contributed by atoms with Crippen molar-refractivity contribution < 1.29 is 0 Å². The topological polar surface area (TPSA) is 0 Å². The van der Waals surface area contributed by atoms with Gasteiger partial charge in [0.1, 0.15) is 0 Å². The Kier molecular flexibility index (Phi) is 2.82. The standard InChI is InChI=1S/C6H10/c1-4-5-6(2)3/h5H,2-4H2,1H3. The molecule has 0 rings (SSSR count). The Bertz CT molecular complexity index is 47.1. The molecule has 34 valence electrons. The molecule has 0 fully saturated rings. The van der Waals surface area contributed by atoms with Crippen molar-refractivity contribution in [3.63, 3.8) is 0 Å². The van der Waals surface area contributed by atoms with Crippen LogP contribution in [0.4, 0.5) is 0 Å². The molecule has 0 aromatic heterocycles. The third-order valence-electron chi connectivity index (χ3n) is 0.493. The molecule has 6 heavy (non-hydrogen) atoms. The zero-order valence-corrected chi connectivity index (χ0v) is 4.20. The molecule has 0 unspecified atom stereocenters. The van der Waals surface area contributed by atoms with Crippen molar-refractivity contribution in [2.45, 2.75) is 13.3 Å². The van der Waals surface area contributed by atoms with Crippen LogP contribution in [0.15, 0.2) is 11.6 Å². The zero-order valence-electron chi connectivity index (χ0n) is 4.20. The Balaban J connectivity index is 3.14. The first-order chi connectivity index (χ1) is 2.77. The summed E-state index contributed by atoms with van der Waals surface area (Å²) in [5.74, 6) is 0. The number of hydrogen-bond acceptors (Lipinski definition) is 0. The van der Waals surface area contributed by atoms with Gasteiger partial charge in [0.05, 0.1) is 0 Å². The van der Waals surface area contributed by atoms with E-state index >= 15 is 0 Å². The molecule has 0 aliphatic heterocycles. The van der Waals surface area contributed by atoms with Gasteiger partial charge in [-0.2, -0.15) is 0 Å². The third-order valence-corrected chi connectivity index (χ3v) is 0.493. The fraction of sp³-hybridized carbons (Fsp3) is 0.333. The Morgan fingerprint density at radius 1 is 1.67 bits per heavy atom. The van der Waals surface area contributed by atoms with Gasteiger partial charge in [0, 0.05) is 0 Å². The van der Waals surface area contributed by atoms with Crippen molar-refractivity contribution in [1.29, 1.82) is 0 Å². The SMILES string of the molecule is [CH2]C([CH2])=CCC. The molecule has 0 atom stereocenters. The molecule has 0 saturated heterocycles. The van der Waals surface area contributed by atoms with Crippen LogP contribution in [0.25, 0.3) is 0 Å². The summed E-state index contributed by atoms with van der Waals surface area (Å²) in [6.07, 6.45) is 3.03. The molecule has 0 aliphatic rings. The molecule has 0 aromatic carbocycles. The lowest BCUT2D eigenvalue weighted by Gasteiger charge is -1.79. The van der Waals surface area contributed by atoms with Gasteiger partial charge in [-0.15, -0.1) is 0 Å². The predicted molar refractivity (Wildman–Crippen MR) is 29.1 cm³/mol. The van der Waals surface area contributed by atoms with E-state index in [0.29, 0.717) is 0 Å². The van der Waals surface area contributed by atoms with Crippen LogP contribution in [-0.4, -0.2) is 0 Å². The van der Waals surface area contributed by atoms with Crippen molar-refractivity contribution in [3.05, 3.63) is 25.5 Å². The highest BCUT2D eigenvalue weighted by Crippen LogP contribution is 1.87. The van der Waals surface area contributed by atoms with Crippen molar-refractivity contribution in [2.24, 2.45) is 0 Å². The summed E-state index contributed by atoms with van der Waals surface area (Å²) >= 11 is 0. The third kappa shape index (κ3) is 3.74. The predicted octanol–water partition coefficient (Wildman–Crippen LogP) is 1.99. The Morgan fingerprint density at radius 3 is 2.17 bits per heavy atom. The van der Waals surface area contributed by atoms with E-state index in [9.17, 15) is 0 Å². The Hall–Kier alpha value is -0.260. The molecule has 0 bridgehead atoms. The van der Waals surface area contributed by atoms with Crippen molar-refractivity contribution >= 4 is 0 Å². The van der Waals surface area contributed by atoms with Gasteiger partial charge < -0.3 is 0 Å². The van der Waals surface area contributed by atoms with E-state index in [-0.39, 0.29) is 0 Å². The Morgan fingerprint density at radius 2 is 2.17 bits per heavy atom. The lowest BCUT2D eigenvalue weighted by atomic mass is 10.3. The molecular weight excluding hydrogens is 72.1 g/mol. The minimum Gasteiger partial charge on any atom is -0.0856 e. The number of rotatable bonds is 1. The molecule has 0 N–H and O–H groups in total. The van der Waals surface area contributed by atoms with E-state index < -0.39 is 0 Å². The average Bonchev–Trinajstić information content (AvgIpc) is 1.35. The lowest BCUT2D eigenvalue weighted by Crippen LogP contribution is -1.60. The molecular formula is C6H10. The van der Waals surface area contributed by atoms with E-state index in [1.165, 1.54) is 0 Å². The lowest BCUT2D eigenvalue weighted by molar-refractivity contribution is 1.21. The Labute approximate surface area is 39.9 Å². The first-order valence-electron chi connectivity index (χ1n) is 2.11. The fourth-order valence-electron chi connectivity index (χ4n) is 0.289. The van der Waals surface area contributed by atoms with Crippen LogP contribution in [0.3, 0.4) is 0 Å². The fourth-order valence-corrected chi connectivity index (χ4v) is 0.289. The maximum Gasteiger partial charge on any atom is -0.0283 e. The van der Waals surface area contributed by atoms with E-state index in [1.807, 2.05) is 6.08 Å². The molecule has 2 radical (unpaired) electrons. The second-order valence-electron chi connectivity index (χ2n) is 1.27. The normalized spacial score (nSPS) is 7.83. The molecule has 0 aliphatic carbocycles. The first kappa shape index (κ1) is 5.74. The second-order valence-corrected chi connectivity index (χ2v) is 1.27. The van der Waals surface area contributed by atoms with Crippen molar-refractivity contribution in [2.75, 3.05) is 0 Å². The van der Waals surface area contributed by atoms with Gasteiger partial charge in [-0.05, 0) is 20.3 Å². The van der Waals surface area contributed by atoms with Crippen LogP contribution in [0.2, 0.25) is 0 Å². The molecule has 0 nitrogen and oxygen atoms in total. The van der Waals surface area contributed by atoms with Crippen molar-refractivity contribution in [1.82, 2.24) is 0 Å². The highest BCUT2D eigenvalue weighted by molar-refractivity contribution is 5.07. The quantitative estimate of drug-likeness (QED) is 0.454. The van der Waals surface area contributed by atoms with Gasteiger partial charge in [-0.25, -0.2) is 0 Å². The molecule has 0 heteroatoms. The van der Waals surface area contributed by atoms with Crippen LogP contribution >= 0.6 is 0 Å². The molecule has 0 heterocycles. The van der Waals surface area contributed by atoms with Gasteiger partial charge >= 0.3 is 0 Å². The van der Waals surface area contributed by atoms with Crippen LogP contribution in [0, 0.1) is 13.8 Å². The second kappa shape index (κ2) is 2.95. The van der Waals surface area contributed by atoms with Crippen LogP contribution in [0.1, 0.15) is 13.3 Å². The highest BCUT2D eigenvalue weighted by Gasteiger charge is 1.68. The van der Waals surface area contributed by atoms with Crippen LogP contribution in [0.5, 0.6) is 0 Å². The van der Waals surface area contributed by atoms with Gasteiger partial charge in [-0.3, -0.25) is 0 Å². The summed E-state index contributed by atoms with van der Waals surface area (Å²) in [4.78, 5) is 0. The summed E-state index contributed by atoms with van der Waals surface area (Å²) in [7, 11) is 0. The molecule has 0 amide bonds. The van der Waals surface area contributed by atoms with Gasteiger partial charge in [0.2, 0.25) is 0 Å². The van der Waals surface area contributed by atoms with E-state index in [4.69, 9.17) is 0 Å².